The quantitative estimate of drug-likeness (QED) is 0.0284. The molecule has 0 spiro atoms. The zero-order valence-corrected chi connectivity index (χ0v) is 86.1. The molecule has 12 N–H and O–H groups in total. The minimum absolute atomic E-state index is 0.0341. The van der Waals surface area contributed by atoms with Crippen LogP contribution < -0.4 is 52.8 Å². The molecule has 30 nitrogen and oxygen atoms in total. The molecule has 0 unspecified atom stereocenters. The van der Waals surface area contributed by atoms with Crippen LogP contribution in [0.4, 0.5) is 63.9 Å². The number of hydrogen-bond acceptors (Lipinski definition) is 32. The summed E-state index contributed by atoms with van der Waals surface area (Å²) in [6.45, 7) is 23.1. The Morgan fingerprint density at radius 1 is 0.338 bits per heavy atom. The third kappa shape index (κ3) is 25.1. The van der Waals surface area contributed by atoms with E-state index in [0.717, 1.165) is 179 Å². The van der Waals surface area contributed by atoms with Crippen molar-refractivity contribution in [1.29, 1.82) is 0 Å². The third-order valence-corrected chi connectivity index (χ3v) is 30.6. The Bertz CT molecular complexity index is 8280. The number of amides is 1. The Morgan fingerprint density at radius 3 is 0.880 bits per heavy atom. The molecule has 726 valence electrons. The van der Waals surface area contributed by atoms with E-state index in [1.165, 1.54) is 112 Å². The molecule has 2 aliphatic rings. The maximum absolute atomic E-state index is 11.6. The summed E-state index contributed by atoms with van der Waals surface area (Å²) in [5, 5.41) is 47.0. The summed E-state index contributed by atoms with van der Waals surface area (Å²) in [5.74, 6) is 2.50. The molecule has 0 atom stereocenters. The van der Waals surface area contributed by atoms with E-state index < -0.39 is 20.0 Å². The highest BCUT2D eigenvalue weighted by molar-refractivity contribution is 7.89. The summed E-state index contributed by atoms with van der Waals surface area (Å²) in [5.41, 5.74) is 14.3. The Labute approximate surface area is 843 Å². The molecule has 22 rings (SSSR count). The molecular weight excluding hydrogens is 1920 g/mol. The number of nitrogens with zero attached hydrogens (tertiary/aromatic N) is 15. The first-order chi connectivity index (χ1) is 68.3. The number of primary sulfonamides is 2. The van der Waals surface area contributed by atoms with Crippen molar-refractivity contribution in [3.8, 4) is 0 Å². The molecule has 0 aliphatic carbocycles. The lowest BCUT2D eigenvalue weighted by Crippen LogP contribution is -2.42. The summed E-state index contributed by atoms with van der Waals surface area (Å²) in [6, 6.07) is 65.1. The number of anilines is 11. The van der Waals surface area contributed by atoms with Gasteiger partial charge in [-0.2, -0.15) is 0 Å². The Morgan fingerprint density at radius 2 is 0.599 bits per heavy atom. The summed E-state index contributed by atoms with van der Waals surface area (Å²) < 4.78 is 52.5. The van der Waals surface area contributed by atoms with Gasteiger partial charge in [0.2, 0.25) is 55.7 Å². The van der Waals surface area contributed by atoms with Crippen molar-refractivity contribution >= 4 is 251 Å². The zero-order chi connectivity index (χ0) is 99.0. The highest BCUT2D eigenvalue weighted by atomic mass is 32.2. The number of aryl methyl sites for hydroxylation is 4. The number of aromatic nitrogens is 10. The van der Waals surface area contributed by atoms with E-state index in [1.807, 2.05) is 91.8 Å². The summed E-state index contributed by atoms with van der Waals surface area (Å²) in [6.07, 6.45) is 9.19. The summed E-state index contributed by atoms with van der Waals surface area (Å²) in [7, 11) is 4.87. The molecule has 1 amide bonds. The van der Waals surface area contributed by atoms with Crippen LogP contribution in [0.25, 0.3) is 105 Å². The fourth-order valence-corrected chi connectivity index (χ4v) is 24.1. The van der Waals surface area contributed by atoms with Crippen LogP contribution in [0.15, 0.2) is 241 Å². The number of hydrogen-bond donors (Lipinski definition) is 10. The van der Waals surface area contributed by atoms with Crippen molar-refractivity contribution in [2.24, 2.45) is 10.3 Å². The van der Waals surface area contributed by atoms with E-state index in [2.05, 4.69) is 268 Å². The van der Waals surface area contributed by atoms with Gasteiger partial charge < -0.3 is 57.2 Å². The number of fused-ring (bicyclic) bond motifs is 15. The standard InChI is InChI=1S/C23H25N5S.C21H22N6O2S2.C21H21N5OS.C21H22N4S.C19H19N5O2S2/c1-15-9-16(2)11-18(10-15)26-23-25-13-17-3-4-21-20(22(17)27-23)12-19(29-21)14-28-7-5-24-6-8-28;22-31(28,29)17-3-1-2-15(10-17)25-21-24-12-14-4-5-19-18(20(14)26-21)11-16(30-19)13-27-8-6-23-7-9-27;1-13(27)23-15-5-4-6-16(9-15)24-21-22-11-14-7-8-19-18(20(14)25-21)10-17(28-19)12-26(2)3;1-13-7-14(2)9-16(8-13)23-21-22-11-15-5-6-19-18(20(15)24-21)10-17(26-19)12-25(3)4;1-24(2)11-14-9-16-17(27-14)7-6-12-10-21-19(23-18(12)16)22-13-4-3-5-15(8-13)28(20,25)26/h3-4,9-13,24H,5-8,14H2,1-2H3,(H,25,26,27);1-5,10-12,23H,6-9,13H2,(H2,22,28,29)(H,24,25,26);4-11H,12H2,1-3H3,(H,23,27)(H,22,24,25);5-11H,12H2,1-4H3,(H,22,23,24);3-10H,11H2,1-2H3,(H2,20,25,26)(H,21,22,23). The topological polar surface area (TPSA) is 379 Å². The van der Waals surface area contributed by atoms with Gasteiger partial charge in [-0.3, -0.25) is 14.6 Å². The largest absolute Gasteiger partial charge is 0.326 e. The highest BCUT2D eigenvalue weighted by Gasteiger charge is 2.22. The zero-order valence-electron chi connectivity index (χ0n) is 80.4. The fourth-order valence-electron chi connectivity index (χ4n) is 17.2. The molecule has 10 aromatic carbocycles. The molecular formula is C105H109N25O5S7. The number of carbonyl (C=O) groups is 1. The van der Waals surface area contributed by atoms with Gasteiger partial charge in [0, 0.05) is 259 Å². The minimum Gasteiger partial charge on any atom is -0.326 e. The molecule has 142 heavy (non-hydrogen) atoms. The average Bonchev–Trinajstić information content (AvgIpc) is 1.63. The van der Waals surface area contributed by atoms with Crippen LogP contribution in [0.3, 0.4) is 0 Å². The normalized spacial score (nSPS) is 13.2. The van der Waals surface area contributed by atoms with Crippen molar-refractivity contribution in [2.75, 3.05) is 127 Å². The predicted octanol–water partition coefficient (Wildman–Crippen LogP) is 20.4. The maximum Gasteiger partial charge on any atom is 0.238 e. The lowest BCUT2D eigenvalue weighted by atomic mass is 10.1. The van der Waals surface area contributed by atoms with Gasteiger partial charge in [0.05, 0.1) is 37.4 Å². The van der Waals surface area contributed by atoms with E-state index in [0.29, 0.717) is 41.1 Å². The number of benzene rings is 10. The van der Waals surface area contributed by atoms with Gasteiger partial charge in [-0.15, -0.1) is 56.7 Å². The fraction of sp³-hybridized carbons (Fsp3) is 0.229. The van der Waals surface area contributed by atoms with Crippen LogP contribution in [0.1, 0.15) is 53.6 Å². The monoisotopic (exact) mass is 2020 g/mol. The van der Waals surface area contributed by atoms with Gasteiger partial charge in [0.25, 0.3) is 0 Å². The molecule has 0 bridgehead atoms. The van der Waals surface area contributed by atoms with Gasteiger partial charge in [-0.05, 0) is 262 Å². The molecule has 37 heteroatoms. The van der Waals surface area contributed by atoms with Gasteiger partial charge in [0.1, 0.15) is 0 Å². The van der Waals surface area contributed by atoms with Gasteiger partial charge >= 0.3 is 0 Å². The lowest BCUT2D eigenvalue weighted by molar-refractivity contribution is -0.114. The third-order valence-electron chi connectivity index (χ3n) is 23.3. The average molecular weight is 2030 g/mol. The first-order valence-electron chi connectivity index (χ1n) is 46.2. The summed E-state index contributed by atoms with van der Waals surface area (Å²) >= 11 is 9.05. The van der Waals surface area contributed by atoms with E-state index in [9.17, 15) is 21.6 Å². The van der Waals surface area contributed by atoms with Crippen LogP contribution in [-0.2, 0) is 57.6 Å². The van der Waals surface area contributed by atoms with E-state index >= 15 is 0 Å². The van der Waals surface area contributed by atoms with Gasteiger partial charge in [0.15, 0.2) is 0 Å². The molecule has 12 heterocycles. The van der Waals surface area contributed by atoms with Crippen molar-refractivity contribution in [3.05, 3.63) is 278 Å². The van der Waals surface area contributed by atoms with E-state index in [4.69, 9.17) is 30.2 Å². The molecule has 20 aromatic rings. The number of nitrogens with one attached hydrogen (secondary N) is 8. The highest BCUT2D eigenvalue weighted by Crippen LogP contribution is 2.40. The van der Waals surface area contributed by atoms with Crippen molar-refractivity contribution < 1.29 is 21.6 Å². The molecule has 2 fully saturated rings. The first kappa shape index (κ1) is 98.9. The minimum atomic E-state index is -3.78. The molecule has 10 aromatic heterocycles. The summed E-state index contributed by atoms with van der Waals surface area (Å²) in [4.78, 5) is 75.5. The molecule has 2 aliphatic heterocycles. The van der Waals surface area contributed by atoms with E-state index in [1.54, 1.807) is 70.7 Å². The van der Waals surface area contributed by atoms with Crippen molar-refractivity contribution in [2.45, 2.75) is 77.1 Å². The number of carbonyl (C=O) groups excluding carboxylic acids is 1. The molecule has 0 radical (unpaired) electrons. The second-order valence-electron chi connectivity index (χ2n) is 36.2. The molecule has 2 saturated heterocycles. The smallest absolute Gasteiger partial charge is 0.238 e. The lowest BCUT2D eigenvalue weighted by Gasteiger charge is -2.26. The van der Waals surface area contributed by atoms with Gasteiger partial charge in [-0.25, -0.2) is 77.0 Å². The Balaban J connectivity index is 0.000000117. The van der Waals surface area contributed by atoms with Crippen LogP contribution >= 0.6 is 56.7 Å². The van der Waals surface area contributed by atoms with Crippen LogP contribution in [0, 0.1) is 27.7 Å². The second-order valence-corrected chi connectivity index (χ2v) is 45.1. The van der Waals surface area contributed by atoms with Crippen LogP contribution in [0.5, 0.6) is 0 Å². The number of piperazine rings is 2. The number of thiophene rings is 5. The second kappa shape index (κ2) is 43.7. The predicted molar refractivity (Wildman–Crippen MR) is 588 cm³/mol. The Hall–Kier alpha value is -13.3. The SMILES string of the molecule is CC(=O)Nc1cccc(Nc2ncc3ccc4sc(CN(C)C)cc4c3n2)c1.CN(C)Cc1cc2c(ccc3cnc(Nc4cccc(S(N)(=O)=O)c4)nc32)s1.Cc1cc(C)cc(Nc2ncc3ccc4sc(CN(C)C)cc4c3n2)c1.Cc1cc(C)cc(Nc2ncc3ccc4sc(CN5CCNCC5)cc4c3n2)c1.NS(=O)(=O)c1cccc(Nc2ncc3ccc4sc(CN5CCNCC5)cc4c3n2)c1. The first-order valence-corrected chi connectivity index (χ1v) is 53.4. The van der Waals surface area contributed by atoms with E-state index in [-0.39, 0.29) is 15.7 Å². The maximum atomic E-state index is 11.6. The Kier molecular flexibility index (Phi) is 30.4. The van der Waals surface area contributed by atoms with Crippen molar-refractivity contribution in [1.82, 2.24) is 85.0 Å². The number of rotatable bonds is 23. The van der Waals surface area contributed by atoms with Gasteiger partial charge in [-0.1, -0.05) is 30.3 Å². The van der Waals surface area contributed by atoms with Crippen LogP contribution in [0.2, 0.25) is 0 Å². The number of sulfonamides is 2. The number of nitrogens with two attached hydrogens (primary N) is 2. The molecule has 0 saturated carbocycles. The van der Waals surface area contributed by atoms with Crippen LogP contribution in [-0.4, -0.2) is 192 Å². The van der Waals surface area contributed by atoms with Crippen molar-refractivity contribution in [3.63, 3.8) is 0 Å².